The maximum atomic E-state index is 12.8. The Kier molecular flexibility index (Phi) is 9.12. The minimum atomic E-state index is -1.04. The molecular formula is C24H27NO9. The molecule has 0 bridgehead atoms. The summed E-state index contributed by atoms with van der Waals surface area (Å²) < 4.78 is 27.4. The first-order valence-electron chi connectivity index (χ1n) is 10.6. The molecule has 0 fully saturated rings. The first-order valence-corrected chi connectivity index (χ1v) is 10.6. The summed E-state index contributed by atoms with van der Waals surface area (Å²) in [6.07, 6.45) is 1.24. The molecule has 1 aliphatic heterocycles. The lowest BCUT2D eigenvalue weighted by Gasteiger charge is -2.26. The van der Waals surface area contributed by atoms with Gasteiger partial charge in [0.15, 0.2) is 17.6 Å². The molecule has 1 aliphatic rings. The van der Waals surface area contributed by atoms with Crippen molar-refractivity contribution in [1.82, 2.24) is 0 Å². The second-order valence-electron chi connectivity index (χ2n) is 7.26. The second-order valence-corrected chi connectivity index (χ2v) is 7.26. The monoisotopic (exact) mass is 473 g/mol. The van der Waals surface area contributed by atoms with Crippen LogP contribution < -0.4 is 19.5 Å². The fraction of sp³-hybridized carbons (Fsp3) is 0.333. The zero-order valence-electron chi connectivity index (χ0n) is 18.6. The number of rotatable bonds is 12. The Bertz CT molecular complexity index is 1010. The molecule has 2 aromatic rings. The standard InChI is InChI=1S/C24H27NO9/c1-30-20(7-2-3-8-22(27)28)23(16-5-4-6-18(13-16)31-12-11-26)34-24(29)25-17-9-10-19-21(14-17)33-15-32-19/h3-6,8-10,13-14,20,23,26H,2,7,11-12,15H2,1H3,(H,25,29)(H,27,28)/b8-3+/t20-,23-/m0/s1. The Morgan fingerprint density at radius 2 is 2.00 bits per heavy atom. The molecule has 1 amide bonds. The molecule has 3 N–H and O–H groups in total. The number of anilines is 1. The average Bonchev–Trinajstić information content (AvgIpc) is 3.29. The van der Waals surface area contributed by atoms with Gasteiger partial charge in [0.25, 0.3) is 0 Å². The van der Waals surface area contributed by atoms with Crippen molar-refractivity contribution in [3.05, 3.63) is 60.2 Å². The summed E-state index contributed by atoms with van der Waals surface area (Å²) in [7, 11) is 1.49. The third kappa shape index (κ3) is 7.12. The number of allylic oxidation sites excluding steroid dienone is 1. The summed E-state index contributed by atoms with van der Waals surface area (Å²) in [6.45, 7) is 0.0951. The van der Waals surface area contributed by atoms with Crippen LogP contribution in [-0.2, 0) is 14.3 Å². The Morgan fingerprint density at radius 1 is 1.18 bits per heavy atom. The number of benzene rings is 2. The van der Waals surface area contributed by atoms with E-state index in [0.29, 0.717) is 41.3 Å². The lowest BCUT2D eigenvalue weighted by Crippen LogP contribution is -2.28. The molecule has 1 heterocycles. The SMILES string of the molecule is CO[C@@H](CC/C=C/C(=O)O)[C@@H](OC(=O)Nc1ccc2c(c1)OCO2)c1cccc(OCCO)c1. The van der Waals surface area contributed by atoms with Crippen LogP contribution in [-0.4, -0.2) is 55.5 Å². The largest absolute Gasteiger partial charge is 0.491 e. The molecule has 182 valence electrons. The van der Waals surface area contributed by atoms with E-state index in [1.165, 1.54) is 13.2 Å². The van der Waals surface area contributed by atoms with Crippen molar-refractivity contribution in [1.29, 1.82) is 0 Å². The van der Waals surface area contributed by atoms with Gasteiger partial charge in [0.05, 0.1) is 12.7 Å². The number of carboxylic acid groups (broad SMARTS) is 1. The number of hydrogen-bond acceptors (Lipinski definition) is 8. The van der Waals surface area contributed by atoms with E-state index >= 15 is 0 Å². The maximum Gasteiger partial charge on any atom is 0.412 e. The van der Waals surface area contributed by atoms with Crippen LogP contribution in [0, 0.1) is 0 Å². The average molecular weight is 473 g/mol. The van der Waals surface area contributed by atoms with Gasteiger partial charge in [-0.25, -0.2) is 9.59 Å². The molecule has 3 rings (SSSR count). The smallest absolute Gasteiger partial charge is 0.412 e. The highest BCUT2D eigenvalue weighted by atomic mass is 16.7. The molecule has 0 unspecified atom stereocenters. The second kappa shape index (κ2) is 12.5. The number of aliphatic hydroxyl groups is 1. The number of methoxy groups -OCH3 is 1. The summed E-state index contributed by atoms with van der Waals surface area (Å²) in [5, 5.41) is 20.5. The molecule has 0 saturated carbocycles. The predicted molar refractivity (Wildman–Crippen MR) is 121 cm³/mol. The third-order valence-corrected chi connectivity index (χ3v) is 4.92. The van der Waals surface area contributed by atoms with E-state index in [9.17, 15) is 9.59 Å². The number of carbonyl (C=O) groups is 2. The van der Waals surface area contributed by atoms with Crippen LogP contribution in [0.3, 0.4) is 0 Å². The zero-order chi connectivity index (χ0) is 24.3. The van der Waals surface area contributed by atoms with E-state index in [0.717, 1.165) is 6.08 Å². The van der Waals surface area contributed by atoms with Gasteiger partial charge in [-0.1, -0.05) is 18.2 Å². The number of nitrogens with one attached hydrogen (secondary N) is 1. The summed E-state index contributed by atoms with van der Waals surface area (Å²) in [5.41, 5.74) is 1.08. The van der Waals surface area contributed by atoms with Crippen LogP contribution >= 0.6 is 0 Å². The van der Waals surface area contributed by atoms with Crippen molar-refractivity contribution in [2.75, 3.05) is 32.4 Å². The van der Waals surface area contributed by atoms with Gasteiger partial charge in [-0.05, 0) is 42.7 Å². The number of amides is 1. The molecule has 34 heavy (non-hydrogen) atoms. The van der Waals surface area contributed by atoms with Crippen LogP contribution in [0.15, 0.2) is 54.6 Å². The van der Waals surface area contributed by atoms with Crippen molar-refractivity contribution in [3.63, 3.8) is 0 Å². The van der Waals surface area contributed by atoms with Crippen molar-refractivity contribution in [2.45, 2.75) is 25.0 Å². The van der Waals surface area contributed by atoms with Crippen molar-refractivity contribution in [2.24, 2.45) is 0 Å². The summed E-state index contributed by atoms with van der Waals surface area (Å²) in [5.74, 6) is 0.559. The van der Waals surface area contributed by atoms with Crippen molar-refractivity contribution in [3.8, 4) is 17.2 Å². The van der Waals surface area contributed by atoms with Crippen LogP contribution in [0.25, 0.3) is 0 Å². The molecule has 2 aromatic carbocycles. The fourth-order valence-corrected chi connectivity index (χ4v) is 3.38. The fourth-order valence-electron chi connectivity index (χ4n) is 3.38. The first kappa shape index (κ1) is 24.9. The molecule has 0 aromatic heterocycles. The molecule has 0 aliphatic carbocycles. The lowest BCUT2D eigenvalue weighted by atomic mass is 10.00. The van der Waals surface area contributed by atoms with E-state index in [1.54, 1.807) is 42.5 Å². The molecule has 0 saturated heterocycles. The van der Waals surface area contributed by atoms with Gasteiger partial charge in [-0.3, -0.25) is 5.32 Å². The summed E-state index contributed by atoms with van der Waals surface area (Å²) in [4.78, 5) is 23.5. The maximum absolute atomic E-state index is 12.8. The molecule has 0 spiro atoms. The van der Waals surface area contributed by atoms with Gasteiger partial charge in [-0.15, -0.1) is 0 Å². The Morgan fingerprint density at radius 3 is 2.76 bits per heavy atom. The van der Waals surface area contributed by atoms with Gasteiger partial charge in [-0.2, -0.15) is 0 Å². The highest BCUT2D eigenvalue weighted by Crippen LogP contribution is 2.35. The van der Waals surface area contributed by atoms with Crippen LogP contribution in [0.2, 0.25) is 0 Å². The number of aliphatic carboxylic acids is 1. The lowest BCUT2D eigenvalue weighted by molar-refractivity contribution is -0.131. The number of carbonyl (C=O) groups excluding carboxylic acids is 1. The quantitative estimate of drug-likeness (QED) is 0.396. The highest BCUT2D eigenvalue weighted by molar-refractivity contribution is 5.85. The normalized spacial score (nSPS) is 13.9. The first-order chi connectivity index (χ1) is 16.5. The van der Waals surface area contributed by atoms with E-state index in [1.807, 2.05) is 0 Å². The molecule has 2 atom stereocenters. The van der Waals surface area contributed by atoms with E-state index < -0.39 is 24.3 Å². The minimum Gasteiger partial charge on any atom is -0.491 e. The third-order valence-electron chi connectivity index (χ3n) is 4.92. The number of fused-ring (bicyclic) bond motifs is 1. The van der Waals surface area contributed by atoms with E-state index in [4.69, 9.17) is 33.9 Å². The molecular weight excluding hydrogens is 446 g/mol. The molecule has 0 radical (unpaired) electrons. The van der Waals surface area contributed by atoms with Gasteiger partial charge in [0.1, 0.15) is 12.4 Å². The summed E-state index contributed by atoms with van der Waals surface area (Å²) in [6, 6.07) is 11.9. The minimum absolute atomic E-state index is 0.117. The van der Waals surface area contributed by atoms with Gasteiger partial charge >= 0.3 is 12.1 Å². The van der Waals surface area contributed by atoms with Crippen molar-refractivity contribution < 1.29 is 43.5 Å². The molecule has 10 nitrogen and oxygen atoms in total. The van der Waals surface area contributed by atoms with Gasteiger partial charge < -0.3 is 33.9 Å². The highest BCUT2D eigenvalue weighted by Gasteiger charge is 2.27. The van der Waals surface area contributed by atoms with Crippen LogP contribution in [0.1, 0.15) is 24.5 Å². The van der Waals surface area contributed by atoms with Crippen LogP contribution in [0.4, 0.5) is 10.5 Å². The number of aliphatic hydroxyl groups excluding tert-OH is 1. The Balaban J connectivity index is 1.77. The Hall–Kier alpha value is -3.76. The number of hydrogen-bond donors (Lipinski definition) is 3. The van der Waals surface area contributed by atoms with Crippen LogP contribution in [0.5, 0.6) is 17.2 Å². The predicted octanol–water partition coefficient (Wildman–Crippen LogP) is 3.51. The van der Waals surface area contributed by atoms with Gasteiger partial charge in [0.2, 0.25) is 6.79 Å². The number of ether oxygens (including phenoxy) is 5. The Labute approximate surface area is 196 Å². The zero-order valence-corrected chi connectivity index (χ0v) is 18.6. The van der Waals surface area contributed by atoms with Gasteiger partial charge in [0, 0.05) is 24.9 Å². The van der Waals surface area contributed by atoms with E-state index in [2.05, 4.69) is 5.32 Å². The number of carboxylic acids is 1. The molecule has 10 heteroatoms. The van der Waals surface area contributed by atoms with Crippen molar-refractivity contribution >= 4 is 17.7 Å². The van der Waals surface area contributed by atoms with E-state index in [-0.39, 0.29) is 20.0 Å². The summed E-state index contributed by atoms with van der Waals surface area (Å²) >= 11 is 0. The topological polar surface area (TPSA) is 133 Å².